The molecule has 0 spiro atoms. The number of nitrogens with one attached hydrogen (secondary N) is 2. The highest BCUT2D eigenvalue weighted by Gasteiger charge is 2.23. The first-order chi connectivity index (χ1) is 18.5. The van der Waals surface area contributed by atoms with E-state index in [1.165, 1.54) is 74.1 Å². The van der Waals surface area contributed by atoms with Crippen LogP contribution in [0.2, 0.25) is 0 Å². The largest absolute Gasteiger partial charge is 0.390 e. The average Bonchev–Trinajstić information content (AvgIpc) is 3.29. The van der Waals surface area contributed by atoms with E-state index in [0.717, 1.165) is 26.1 Å². The lowest BCUT2D eigenvalue weighted by Gasteiger charge is -2.32. The molecule has 212 valence electrons. The minimum atomic E-state index is 0.434. The molecule has 3 heteroatoms. The van der Waals surface area contributed by atoms with Gasteiger partial charge in [-0.2, -0.15) is 0 Å². The number of nitrogens with zero attached hydrogens (tertiary/aromatic N) is 1. The van der Waals surface area contributed by atoms with Crippen LogP contribution < -0.4 is 5.32 Å². The zero-order valence-electron chi connectivity index (χ0n) is 26.4. The first-order valence-corrected chi connectivity index (χ1v) is 15.0. The molecule has 0 bridgehead atoms. The Morgan fingerprint density at radius 2 is 1.69 bits per heavy atom. The monoisotopic (exact) mass is 527 g/mol. The number of likely N-dealkylation sites (N-methyl/N-ethyl adjacent to an activating group) is 1. The Hall–Kier alpha value is -2.78. The van der Waals surface area contributed by atoms with Crippen molar-refractivity contribution >= 4 is 16.5 Å². The van der Waals surface area contributed by atoms with Crippen molar-refractivity contribution in [2.75, 3.05) is 26.7 Å². The molecule has 2 N–H and O–H groups in total. The number of hydrogen-bond acceptors (Lipinski definition) is 2. The van der Waals surface area contributed by atoms with Crippen LogP contribution in [-0.2, 0) is 0 Å². The number of piperidine rings is 1. The number of hydrogen-bond donors (Lipinski definition) is 2. The van der Waals surface area contributed by atoms with E-state index >= 15 is 0 Å². The van der Waals surface area contributed by atoms with Gasteiger partial charge in [-0.25, -0.2) is 0 Å². The van der Waals surface area contributed by atoms with Crippen molar-refractivity contribution in [1.82, 2.24) is 15.2 Å². The first-order valence-electron chi connectivity index (χ1n) is 15.0. The number of aromatic nitrogens is 1. The van der Waals surface area contributed by atoms with Gasteiger partial charge >= 0.3 is 0 Å². The Balaban J connectivity index is 1.92. The lowest BCUT2D eigenvalue weighted by atomic mass is 9.87. The second-order valence-corrected chi connectivity index (χ2v) is 12.2. The Morgan fingerprint density at radius 3 is 2.26 bits per heavy atom. The fourth-order valence-electron chi connectivity index (χ4n) is 5.59. The molecule has 1 fully saturated rings. The standard InChI is InChI=1S/C36H53N3/c1-11-27(8)28(9)21-31(20-25(4)5)36-35(26(6)7)33-22-30(13-15-34(33)38-36)29-16-18-39(19-17-29)23-32(37-10)14-12-24(2)3/h12-15,20-22,26,29,37-38H,11,16-19,23H2,1-10H3/b28-27?,31-21+,32-14-. The predicted molar refractivity (Wildman–Crippen MR) is 173 cm³/mol. The molecular formula is C36H53N3. The van der Waals surface area contributed by atoms with Crippen LogP contribution in [0.5, 0.6) is 0 Å². The SMILES string of the molecule is CCC(C)=C(C)/C=C(\C=C(C)C)c1[nH]c2ccc(C3CCN(C/C(=C/C=C(C)C)NC)CC3)cc2c1C(C)C. The zero-order valence-corrected chi connectivity index (χ0v) is 26.4. The lowest BCUT2D eigenvalue weighted by Crippen LogP contribution is -2.36. The van der Waals surface area contributed by atoms with Gasteiger partial charge in [-0.1, -0.05) is 67.4 Å². The average molecular weight is 528 g/mol. The lowest BCUT2D eigenvalue weighted by molar-refractivity contribution is 0.225. The van der Waals surface area contributed by atoms with E-state index in [1.807, 2.05) is 7.05 Å². The number of likely N-dealkylation sites (tertiary alicyclic amines) is 1. The number of rotatable bonds is 10. The molecule has 0 radical (unpaired) electrons. The molecule has 2 aromatic rings. The van der Waals surface area contributed by atoms with Crippen molar-refractivity contribution in [3.8, 4) is 0 Å². The van der Waals surface area contributed by atoms with Crippen LogP contribution in [0.1, 0.15) is 110 Å². The van der Waals surface area contributed by atoms with Gasteiger partial charge in [0.25, 0.3) is 0 Å². The van der Waals surface area contributed by atoms with E-state index in [1.54, 1.807) is 0 Å². The van der Waals surface area contributed by atoms with Gasteiger partial charge in [-0.15, -0.1) is 0 Å². The normalized spacial score (nSPS) is 16.5. The van der Waals surface area contributed by atoms with E-state index in [2.05, 4.69) is 120 Å². The van der Waals surface area contributed by atoms with Crippen LogP contribution in [0.3, 0.4) is 0 Å². The van der Waals surface area contributed by atoms with Crippen molar-refractivity contribution in [3.63, 3.8) is 0 Å². The van der Waals surface area contributed by atoms with Gasteiger partial charge in [0.15, 0.2) is 0 Å². The van der Waals surface area contributed by atoms with E-state index in [9.17, 15) is 0 Å². The maximum atomic E-state index is 3.84. The summed E-state index contributed by atoms with van der Waals surface area (Å²) in [5.41, 5.74) is 13.5. The summed E-state index contributed by atoms with van der Waals surface area (Å²) in [4.78, 5) is 6.43. The minimum Gasteiger partial charge on any atom is -0.390 e. The summed E-state index contributed by atoms with van der Waals surface area (Å²) in [6.07, 6.45) is 12.6. The molecular weight excluding hydrogens is 474 g/mol. The third-order valence-electron chi connectivity index (χ3n) is 8.14. The van der Waals surface area contributed by atoms with Crippen LogP contribution in [0.4, 0.5) is 0 Å². The molecule has 0 atom stereocenters. The maximum Gasteiger partial charge on any atom is 0.0500 e. The Kier molecular flexibility index (Phi) is 11.1. The second-order valence-electron chi connectivity index (χ2n) is 12.2. The van der Waals surface area contributed by atoms with Crippen LogP contribution in [-0.4, -0.2) is 36.6 Å². The number of fused-ring (bicyclic) bond motifs is 1. The van der Waals surface area contributed by atoms with Gasteiger partial charge in [0, 0.05) is 35.9 Å². The molecule has 1 aromatic carbocycles. The quantitative estimate of drug-likeness (QED) is 0.301. The molecule has 0 aliphatic carbocycles. The van der Waals surface area contributed by atoms with Crippen molar-refractivity contribution in [2.24, 2.45) is 0 Å². The maximum absolute atomic E-state index is 3.84. The van der Waals surface area contributed by atoms with Gasteiger partial charge in [-0.05, 0) is 121 Å². The zero-order chi connectivity index (χ0) is 28.7. The molecule has 0 amide bonds. The van der Waals surface area contributed by atoms with E-state index < -0.39 is 0 Å². The fraction of sp³-hybridized carbons (Fsp3) is 0.500. The minimum absolute atomic E-state index is 0.434. The predicted octanol–water partition coefficient (Wildman–Crippen LogP) is 9.64. The molecule has 1 saturated heterocycles. The van der Waals surface area contributed by atoms with Crippen LogP contribution in [0.25, 0.3) is 16.5 Å². The summed E-state index contributed by atoms with van der Waals surface area (Å²) in [5, 5.41) is 4.78. The van der Waals surface area contributed by atoms with Gasteiger partial charge < -0.3 is 10.3 Å². The van der Waals surface area contributed by atoms with E-state index in [-0.39, 0.29) is 0 Å². The molecule has 1 aromatic heterocycles. The highest BCUT2D eigenvalue weighted by Crippen LogP contribution is 2.38. The third-order valence-corrected chi connectivity index (χ3v) is 8.14. The number of benzene rings is 1. The van der Waals surface area contributed by atoms with Crippen LogP contribution in [0.15, 0.2) is 70.5 Å². The van der Waals surface area contributed by atoms with Gasteiger partial charge in [-0.3, -0.25) is 4.90 Å². The van der Waals surface area contributed by atoms with Gasteiger partial charge in [0.05, 0.1) is 0 Å². The van der Waals surface area contributed by atoms with Crippen molar-refractivity contribution in [2.45, 2.75) is 93.4 Å². The summed E-state index contributed by atoms with van der Waals surface area (Å²) in [5.74, 6) is 1.05. The summed E-state index contributed by atoms with van der Waals surface area (Å²) in [6.45, 7) is 23.4. The number of aromatic amines is 1. The number of H-pyrrole nitrogens is 1. The highest BCUT2D eigenvalue weighted by molar-refractivity contribution is 5.92. The fourth-order valence-corrected chi connectivity index (χ4v) is 5.59. The molecule has 1 aliphatic heterocycles. The summed E-state index contributed by atoms with van der Waals surface area (Å²) >= 11 is 0. The molecule has 2 heterocycles. The topological polar surface area (TPSA) is 31.1 Å². The molecule has 0 unspecified atom stereocenters. The van der Waals surface area contributed by atoms with Gasteiger partial charge in [0.2, 0.25) is 0 Å². The summed E-state index contributed by atoms with van der Waals surface area (Å²) in [7, 11) is 2.03. The van der Waals surface area contributed by atoms with E-state index in [4.69, 9.17) is 0 Å². The molecule has 1 aliphatic rings. The molecule has 3 nitrogen and oxygen atoms in total. The molecule has 3 rings (SSSR count). The Morgan fingerprint density at radius 1 is 1.00 bits per heavy atom. The smallest absolute Gasteiger partial charge is 0.0500 e. The number of allylic oxidation sites excluding steroid dienone is 9. The van der Waals surface area contributed by atoms with Crippen LogP contribution >= 0.6 is 0 Å². The molecule has 0 saturated carbocycles. The summed E-state index contributed by atoms with van der Waals surface area (Å²) in [6, 6.07) is 7.20. The third kappa shape index (κ3) is 8.11. The van der Waals surface area contributed by atoms with Crippen molar-refractivity contribution in [1.29, 1.82) is 0 Å². The van der Waals surface area contributed by atoms with E-state index in [0.29, 0.717) is 11.8 Å². The Bertz CT molecular complexity index is 1280. The first kappa shape index (κ1) is 30.8. The highest BCUT2D eigenvalue weighted by atomic mass is 15.1. The van der Waals surface area contributed by atoms with Crippen LogP contribution in [0, 0.1) is 0 Å². The van der Waals surface area contributed by atoms with Crippen molar-refractivity contribution < 1.29 is 0 Å². The van der Waals surface area contributed by atoms with Gasteiger partial charge in [0.1, 0.15) is 0 Å². The summed E-state index contributed by atoms with van der Waals surface area (Å²) < 4.78 is 0. The molecule has 39 heavy (non-hydrogen) atoms. The Labute approximate surface area is 238 Å². The van der Waals surface area contributed by atoms with Crippen molar-refractivity contribution in [3.05, 3.63) is 87.3 Å². The second kappa shape index (κ2) is 14.0.